The molecule has 0 aromatic heterocycles. The van der Waals surface area contributed by atoms with Crippen LogP contribution in [0.3, 0.4) is 0 Å². The van der Waals surface area contributed by atoms with Gasteiger partial charge in [-0.15, -0.1) is 10.2 Å². The number of nitriles is 2. The molecular weight excluding hydrogens is 375 g/mol. The van der Waals surface area contributed by atoms with Crippen molar-refractivity contribution >= 4 is 0 Å². The molecule has 0 bridgehead atoms. The summed E-state index contributed by atoms with van der Waals surface area (Å²) in [5.41, 5.74) is 0. The molecule has 0 N–H and O–H groups in total. The average molecular weight is 393 g/mol. The zero-order valence-corrected chi connectivity index (χ0v) is 13.8. The largest absolute Gasteiger partial charge is 1.00 e. The molecular formula is C12H18ClN2O4Rh. The van der Waals surface area contributed by atoms with Crippen molar-refractivity contribution in [3.63, 3.8) is 0 Å². The second-order valence-electron chi connectivity index (χ2n) is 2.92. The summed E-state index contributed by atoms with van der Waals surface area (Å²) in [6, 6.07) is 3.50. The Balaban J connectivity index is -0.0000000935. The molecule has 1 rings (SSSR count). The minimum absolute atomic E-state index is 0. The van der Waals surface area contributed by atoms with E-state index in [1.54, 1.807) is 12.1 Å². The van der Waals surface area contributed by atoms with E-state index in [1.165, 1.54) is 39.5 Å². The zero-order chi connectivity index (χ0) is 15.6. The van der Waals surface area contributed by atoms with Crippen molar-refractivity contribution in [2.24, 2.45) is 0 Å². The monoisotopic (exact) mass is 392 g/mol. The van der Waals surface area contributed by atoms with Crippen LogP contribution in [0.5, 0.6) is 0 Å². The first-order valence-electron chi connectivity index (χ1n) is 5.36. The fraction of sp³-hybridized carbons (Fsp3) is 0.500. The maximum atomic E-state index is 8.49. The van der Waals surface area contributed by atoms with E-state index in [9.17, 15) is 0 Å². The third kappa shape index (κ3) is 87.0. The summed E-state index contributed by atoms with van der Waals surface area (Å²) in [4.78, 5) is 0. The molecule has 0 saturated carbocycles. The van der Waals surface area contributed by atoms with E-state index in [-0.39, 0.29) is 19.5 Å². The molecule has 8 heteroatoms. The number of hydrogen-bond acceptors (Lipinski definition) is 6. The third-order valence-electron chi connectivity index (χ3n) is 1.33. The molecule has 1 aliphatic carbocycles. The molecule has 0 unspecified atom stereocenters. The molecule has 0 aliphatic heterocycles. The van der Waals surface area contributed by atoms with Gasteiger partial charge in [0, 0.05) is 13.8 Å². The Hall–Kier alpha value is -0.787. The molecule has 0 spiro atoms. The van der Waals surface area contributed by atoms with Crippen LogP contribution in [-0.2, 0) is 19.5 Å². The van der Waals surface area contributed by atoms with Crippen LogP contribution in [0.25, 0.3) is 0 Å². The maximum Gasteiger partial charge on any atom is 1.00 e. The topological polar surface area (TPSA) is 140 Å². The molecule has 116 valence electrons. The van der Waals surface area contributed by atoms with Crippen molar-refractivity contribution in [1.29, 1.82) is 10.5 Å². The Bertz CT molecular complexity index is 273. The molecule has 0 atom stereocenters. The van der Waals surface area contributed by atoms with E-state index in [2.05, 4.69) is 24.3 Å². The fourth-order valence-electron chi connectivity index (χ4n) is 0.856. The Morgan fingerprint density at radius 2 is 0.850 bits per heavy atom. The smallest absolute Gasteiger partial charge is 0.222 e. The Kier molecular flexibility index (Phi) is 32.1. The van der Waals surface area contributed by atoms with Gasteiger partial charge in [0.1, 0.15) is 0 Å². The molecule has 6 nitrogen and oxygen atoms in total. The predicted octanol–water partition coefficient (Wildman–Crippen LogP) is -1.03. The van der Waals surface area contributed by atoms with Gasteiger partial charge in [-0.05, 0) is 25.7 Å². The summed E-state index contributed by atoms with van der Waals surface area (Å²) in [7, 11) is -4.94. The van der Waals surface area contributed by atoms with E-state index >= 15 is 0 Å². The van der Waals surface area contributed by atoms with Crippen LogP contribution in [0.2, 0.25) is 0 Å². The average Bonchev–Trinajstić information content (AvgIpc) is 2.15. The number of allylic oxidation sites excluding steroid dienone is 4. The minimum atomic E-state index is -4.94. The van der Waals surface area contributed by atoms with Gasteiger partial charge < -0.3 is 0 Å². The number of hydrogen-bond donors (Lipinski definition) is 0. The second-order valence-corrected chi connectivity index (χ2v) is 3.68. The Morgan fingerprint density at radius 3 is 0.950 bits per heavy atom. The van der Waals surface area contributed by atoms with Crippen LogP contribution >= 0.6 is 0 Å². The van der Waals surface area contributed by atoms with Crippen molar-refractivity contribution in [1.82, 2.24) is 0 Å². The molecule has 0 radical (unpaired) electrons. The van der Waals surface area contributed by atoms with Crippen molar-refractivity contribution in [3.8, 4) is 12.1 Å². The molecule has 0 aromatic carbocycles. The summed E-state index contributed by atoms with van der Waals surface area (Å²) in [6.07, 6.45) is 14.0. The molecule has 20 heavy (non-hydrogen) atoms. The summed E-state index contributed by atoms with van der Waals surface area (Å²) in [5, 5.41) is 14.6. The summed E-state index contributed by atoms with van der Waals surface area (Å²) in [5.74, 6) is 0. The van der Waals surface area contributed by atoms with Gasteiger partial charge in [-0.25, -0.2) is 18.6 Å². The van der Waals surface area contributed by atoms with E-state index in [0.717, 1.165) is 0 Å². The first-order chi connectivity index (χ1) is 8.83. The van der Waals surface area contributed by atoms with Crippen LogP contribution in [0.4, 0.5) is 0 Å². The van der Waals surface area contributed by atoms with Gasteiger partial charge in [0.25, 0.3) is 0 Å². The number of rotatable bonds is 0. The quantitative estimate of drug-likeness (QED) is 0.381. The number of halogens is 1. The summed E-state index contributed by atoms with van der Waals surface area (Å²) < 4.78 is 34.0. The SMILES string of the molecule is C1=C\CC/C=C\CC/1.CC#N.CC#N.[O-][Cl+3]([O-])([O-])[O-].[Rh+]. The van der Waals surface area contributed by atoms with Crippen molar-refractivity contribution in [3.05, 3.63) is 24.3 Å². The van der Waals surface area contributed by atoms with Gasteiger partial charge in [0.2, 0.25) is 0 Å². The van der Waals surface area contributed by atoms with Gasteiger partial charge in [-0.1, -0.05) is 24.3 Å². The zero-order valence-electron chi connectivity index (χ0n) is 11.4. The van der Waals surface area contributed by atoms with Crippen molar-refractivity contribution in [2.75, 3.05) is 0 Å². The molecule has 1 aliphatic rings. The van der Waals surface area contributed by atoms with Crippen molar-refractivity contribution < 1.29 is 48.4 Å². The molecule has 0 amide bonds. The van der Waals surface area contributed by atoms with Crippen LogP contribution < -0.4 is 18.6 Å². The first-order valence-corrected chi connectivity index (χ1v) is 6.60. The normalized spacial score (nSPS) is 15.0. The van der Waals surface area contributed by atoms with Gasteiger partial charge in [-0.3, -0.25) is 0 Å². The molecule has 0 fully saturated rings. The van der Waals surface area contributed by atoms with Crippen LogP contribution in [0.1, 0.15) is 39.5 Å². The van der Waals surface area contributed by atoms with E-state index in [1.807, 2.05) is 0 Å². The second kappa shape index (κ2) is 23.3. The van der Waals surface area contributed by atoms with E-state index in [4.69, 9.17) is 29.2 Å². The van der Waals surface area contributed by atoms with Gasteiger partial charge >= 0.3 is 19.5 Å². The summed E-state index contributed by atoms with van der Waals surface area (Å²) in [6.45, 7) is 2.86. The van der Waals surface area contributed by atoms with Gasteiger partial charge in [-0.2, -0.15) is 10.5 Å². The fourth-order valence-corrected chi connectivity index (χ4v) is 0.856. The number of nitrogens with zero attached hydrogens (tertiary/aromatic N) is 2. The van der Waals surface area contributed by atoms with E-state index < -0.39 is 10.2 Å². The Morgan fingerprint density at radius 1 is 0.750 bits per heavy atom. The summed E-state index contributed by atoms with van der Waals surface area (Å²) >= 11 is 0. The molecule has 0 aromatic rings. The van der Waals surface area contributed by atoms with E-state index in [0.29, 0.717) is 0 Å². The predicted molar refractivity (Wildman–Crippen MR) is 59.3 cm³/mol. The standard InChI is InChI=1S/C8H12.2C2H3N.ClHO4.Rh/c1-2-4-6-8-7-5-3-1;2*1-2-3;2-1(3,4)5;/h1-2,7-8H,3-6H2;2*1H3;(H,2,3,4,5);/q;;;;+1/p-1/b2-1-,8-7-;;;;. The first kappa shape index (κ1) is 27.5. The van der Waals surface area contributed by atoms with Crippen LogP contribution in [0, 0.1) is 32.9 Å². The molecule has 0 saturated heterocycles. The van der Waals surface area contributed by atoms with Gasteiger partial charge in [0.15, 0.2) is 0 Å². The third-order valence-corrected chi connectivity index (χ3v) is 1.33. The van der Waals surface area contributed by atoms with Crippen molar-refractivity contribution in [2.45, 2.75) is 39.5 Å². The maximum absolute atomic E-state index is 8.49. The van der Waals surface area contributed by atoms with Crippen LogP contribution in [0.15, 0.2) is 24.3 Å². The van der Waals surface area contributed by atoms with Gasteiger partial charge in [0.05, 0.1) is 12.1 Å². The van der Waals surface area contributed by atoms with Crippen LogP contribution in [-0.4, -0.2) is 0 Å². The minimum Gasteiger partial charge on any atom is -0.222 e. The Labute approximate surface area is 135 Å². The molecule has 0 heterocycles.